The molecule has 0 bridgehead atoms. The first kappa shape index (κ1) is 20.5. The van der Waals surface area contributed by atoms with E-state index in [4.69, 9.17) is 9.47 Å². The fourth-order valence-electron chi connectivity index (χ4n) is 3.28. The summed E-state index contributed by atoms with van der Waals surface area (Å²) in [4.78, 5) is 14.5. The zero-order valence-corrected chi connectivity index (χ0v) is 16.7. The van der Waals surface area contributed by atoms with E-state index in [1.807, 2.05) is 13.8 Å². The van der Waals surface area contributed by atoms with E-state index in [1.165, 1.54) is 24.6 Å². The van der Waals surface area contributed by atoms with Crippen LogP contribution in [0.15, 0.2) is 23.1 Å². The van der Waals surface area contributed by atoms with Gasteiger partial charge in [0.25, 0.3) is 0 Å². The fraction of sp³-hybridized carbons (Fsp3) is 0.611. The second-order valence-electron chi connectivity index (χ2n) is 6.23. The third kappa shape index (κ3) is 4.12. The highest BCUT2D eigenvalue weighted by Crippen LogP contribution is 2.32. The van der Waals surface area contributed by atoms with Gasteiger partial charge in [-0.1, -0.05) is 0 Å². The van der Waals surface area contributed by atoms with Gasteiger partial charge < -0.3 is 14.4 Å². The van der Waals surface area contributed by atoms with Gasteiger partial charge >= 0.3 is 0 Å². The third-order valence-electron chi connectivity index (χ3n) is 4.80. The van der Waals surface area contributed by atoms with Crippen LogP contribution in [0, 0.1) is 5.92 Å². The van der Waals surface area contributed by atoms with Crippen molar-refractivity contribution in [3.63, 3.8) is 0 Å². The summed E-state index contributed by atoms with van der Waals surface area (Å²) in [5.74, 6) is 0.419. The van der Waals surface area contributed by atoms with Crippen LogP contribution < -0.4 is 9.47 Å². The maximum atomic E-state index is 13.2. The summed E-state index contributed by atoms with van der Waals surface area (Å²) in [6.45, 7) is 5.70. The Bertz CT molecular complexity index is 731. The van der Waals surface area contributed by atoms with Crippen LogP contribution in [0.1, 0.15) is 26.7 Å². The summed E-state index contributed by atoms with van der Waals surface area (Å²) in [6, 6.07) is 4.69. The molecule has 1 fully saturated rings. The molecule has 146 valence electrons. The number of hydrogen-bond acceptors (Lipinski definition) is 5. The molecule has 0 aliphatic carbocycles. The predicted octanol–water partition coefficient (Wildman–Crippen LogP) is 1.97. The zero-order valence-electron chi connectivity index (χ0n) is 15.9. The lowest BCUT2D eigenvalue weighted by molar-refractivity contribution is -0.136. The van der Waals surface area contributed by atoms with Crippen LogP contribution in [0.2, 0.25) is 0 Å². The standard InChI is InChI=1S/C18H28N2O5S/c1-5-19(6-2)18(21)14-8-7-11-20(13-14)26(22,23)17-12-15(24-3)9-10-16(17)25-4/h9-10,12,14H,5-8,11,13H2,1-4H3/t14-/m0/s1. The maximum Gasteiger partial charge on any atom is 0.246 e. The van der Waals surface area contributed by atoms with E-state index < -0.39 is 10.0 Å². The van der Waals surface area contributed by atoms with Crippen molar-refractivity contribution in [3.8, 4) is 11.5 Å². The molecular weight excluding hydrogens is 356 g/mol. The first-order valence-electron chi connectivity index (χ1n) is 8.89. The van der Waals surface area contributed by atoms with Gasteiger partial charge in [-0.2, -0.15) is 4.31 Å². The average molecular weight is 384 g/mol. The van der Waals surface area contributed by atoms with Crippen LogP contribution in [0.4, 0.5) is 0 Å². The Hall–Kier alpha value is -1.80. The Labute approximate surface area is 155 Å². The molecule has 0 radical (unpaired) electrons. The Morgan fingerprint density at radius 2 is 1.92 bits per heavy atom. The van der Waals surface area contributed by atoms with Crippen LogP contribution in [0.3, 0.4) is 0 Å². The number of carbonyl (C=O) groups excluding carboxylic acids is 1. The first-order chi connectivity index (χ1) is 12.4. The number of carbonyl (C=O) groups is 1. The van der Waals surface area contributed by atoms with Crippen molar-refractivity contribution in [2.24, 2.45) is 5.92 Å². The monoisotopic (exact) mass is 384 g/mol. The lowest BCUT2D eigenvalue weighted by Gasteiger charge is -2.34. The molecule has 0 saturated carbocycles. The van der Waals surface area contributed by atoms with E-state index in [2.05, 4.69) is 0 Å². The lowest BCUT2D eigenvalue weighted by atomic mass is 9.98. The normalized spacial score (nSPS) is 18.4. The Balaban J connectivity index is 2.30. The molecule has 1 aromatic rings. The molecule has 1 heterocycles. The van der Waals surface area contributed by atoms with Gasteiger partial charge in [-0.3, -0.25) is 4.79 Å². The molecule has 0 aromatic heterocycles. The summed E-state index contributed by atoms with van der Waals surface area (Å²) in [5, 5.41) is 0. The smallest absolute Gasteiger partial charge is 0.246 e. The Kier molecular flexibility index (Phi) is 6.88. The molecule has 1 amide bonds. The van der Waals surface area contributed by atoms with E-state index in [9.17, 15) is 13.2 Å². The summed E-state index contributed by atoms with van der Waals surface area (Å²) in [7, 11) is -0.867. The molecule has 8 heteroatoms. The van der Waals surface area contributed by atoms with Gasteiger partial charge in [-0.25, -0.2) is 8.42 Å². The molecule has 0 unspecified atom stereocenters. The van der Waals surface area contributed by atoms with Crippen molar-refractivity contribution in [3.05, 3.63) is 18.2 Å². The van der Waals surface area contributed by atoms with Crippen molar-refractivity contribution < 1.29 is 22.7 Å². The molecule has 0 N–H and O–H groups in total. The number of sulfonamides is 1. The minimum atomic E-state index is -3.79. The number of nitrogens with zero attached hydrogens (tertiary/aromatic N) is 2. The summed E-state index contributed by atoms with van der Waals surface area (Å²) in [5.41, 5.74) is 0. The number of ether oxygens (including phenoxy) is 2. The molecule has 1 saturated heterocycles. The first-order valence-corrected chi connectivity index (χ1v) is 10.3. The van der Waals surface area contributed by atoms with E-state index in [0.717, 1.165) is 0 Å². The quantitative estimate of drug-likeness (QED) is 0.718. The molecular formula is C18H28N2O5S. The largest absolute Gasteiger partial charge is 0.497 e. The molecule has 1 aromatic carbocycles. The summed E-state index contributed by atoms with van der Waals surface area (Å²) in [6.07, 6.45) is 1.36. The van der Waals surface area contributed by atoms with E-state index in [0.29, 0.717) is 38.2 Å². The number of hydrogen-bond donors (Lipinski definition) is 0. The number of rotatable bonds is 7. The van der Waals surface area contributed by atoms with E-state index >= 15 is 0 Å². The van der Waals surface area contributed by atoms with Crippen molar-refractivity contribution >= 4 is 15.9 Å². The molecule has 7 nitrogen and oxygen atoms in total. The van der Waals surface area contributed by atoms with E-state index in [-0.39, 0.29) is 29.0 Å². The van der Waals surface area contributed by atoms with Crippen LogP contribution in [0.5, 0.6) is 11.5 Å². The van der Waals surface area contributed by atoms with Gasteiger partial charge in [-0.05, 0) is 38.8 Å². The Morgan fingerprint density at radius 1 is 1.23 bits per heavy atom. The predicted molar refractivity (Wildman–Crippen MR) is 99.0 cm³/mol. The number of amides is 1. The molecule has 26 heavy (non-hydrogen) atoms. The number of methoxy groups -OCH3 is 2. The van der Waals surface area contributed by atoms with Crippen molar-refractivity contribution in [1.29, 1.82) is 0 Å². The Morgan fingerprint density at radius 3 is 2.50 bits per heavy atom. The van der Waals surface area contributed by atoms with E-state index in [1.54, 1.807) is 17.0 Å². The van der Waals surface area contributed by atoms with Crippen LogP contribution in [0.25, 0.3) is 0 Å². The highest BCUT2D eigenvalue weighted by atomic mass is 32.2. The van der Waals surface area contributed by atoms with Crippen molar-refractivity contribution in [2.75, 3.05) is 40.4 Å². The van der Waals surface area contributed by atoms with Gasteiger partial charge in [0, 0.05) is 32.2 Å². The second-order valence-corrected chi connectivity index (χ2v) is 8.14. The van der Waals surface area contributed by atoms with Crippen molar-refractivity contribution in [2.45, 2.75) is 31.6 Å². The molecule has 0 spiro atoms. The minimum absolute atomic E-state index is 0.0208. The third-order valence-corrected chi connectivity index (χ3v) is 6.68. The van der Waals surface area contributed by atoms with Gasteiger partial charge in [0.2, 0.25) is 15.9 Å². The van der Waals surface area contributed by atoms with Crippen LogP contribution >= 0.6 is 0 Å². The number of benzene rings is 1. The minimum Gasteiger partial charge on any atom is -0.497 e. The van der Waals surface area contributed by atoms with Gasteiger partial charge in [0.05, 0.1) is 20.1 Å². The van der Waals surface area contributed by atoms with Gasteiger partial charge in [0.1, 0.15) is 16.4 Å². The molecule has 1 atom stereocenters. The highest BCUT2D eigenvalue weighted by Gasteiger charge is 2.36. The van der Waals surface area contributed by atoms with Gasteiger partial charge in [-0.15, -0.1) is 0 Å². The van der Waals surface area contributed by atoms with Crippen LogP contribution in [-0.2, 0) is 14.8 Å². The average Bonchev–Trinajstić information content (AvgIpc) is 2.68. The molecule has 1 aliphatic heterocycles. The highest BCUT2D eigenvalue weighted by molar-refractivity contribution is 7.89. The SMILES string of the molecule is CCN(CC)C(=O)[C@H]1CCCN(S(=O)(=O)c2cc(OC)ccc2OC)C1. The summed E-state index contributed by atoms with van der Waals surface area (Å²) < 4.78 is 38.1. The summed E-state index contributed by atoms with van der Waals surface area (Å²) >= 11 is 0. The lowest BCUT2D eigenvalue weighted by Crippen LogP contribution is -2.46. The topological polar surface area (TPSA) is 76.2 Å². The molecule has 2 rings (SSSR count). The number of piperidine rings is 1. The molecule has 1 aliphatic rings. The van der Waals surface area contributed by atoms with Gasteiger partial charge in [0.15, 0.2) is 0 Å². The fourth-order valence-corrected chi connectivity index (χ4v) is 4.97. The second kappa shape index (κ2) is 8.73. The zero-order chi connectivity index (χ0) is 19.3. The van der Waals surface area contributed by atoms with Crippen molar-refractivity contribution in [1.82, 2.24) is 9.21 Å². The van der Waals surface area contributed by atoms with Crippen LogP contribution in [-0.4, -0.2) is 63.9 Å². The maximum absolute atomic E-state index is 13.2.